The van der Waals surface area contributed by atoms with E-state index in [-0.39, 0.29) is 5.91 Å². The molecule has 142 valence electrons. The van der Waals surface area contributed by atoms with Crippen molar-refractivity contribution in [2.24, 2.45) is 0 Å². The molecule has 2 aromatic heterocycles. The van der Waals surface area contributed by atoms with Crippen LogP contribution in [0.25, 0.3) is 10.2 Å². The first kappa shape index (κ1) is 18.6. The molecule has 0 fully saturated rings. The molecule has 4 rings (SSSR count). The van der Waals surface area contributed by atoms with Gasteiger partial charge in [-0.2, -0.15) is 0 Å². The standard InChI is InChI=1S/C22H19ClN2O2S/c1-27-18-8-4-15(5-9-18)13-24-22(26)20-12-21-19(10-11-28-21)25(20)14-16-2-6-17(23)7-3-16/h2-12H,13-14H2,1H3,(H,24,26). The van der Waals surface area contributed by atoms with E-state index >= 15 is 0 Å². The Morgan fingerprint density at radius 1 is 1.07 bits per heavy atom. The lowest BCUT2D eigenvalue weighted by atomic mass is 10.2. The highest BCUT2D eigenvalue weighted by molar-refractivity contribution is 7.17. The third-order valence-corrected chi connectivity index (χ3v) is 5.73. The van der Waals surface area contributed by atoms with Gasteiger partial charge in [-0.1, -0.05) is 35.9 Å². The van der Waals surface area contributed by atoms with Gasteiger partial charge in [-0.15, -0.1) is 11.3 Å². The number of fused-ring (bicyclic) bond motifs is 1. The molecular formula is C22H19ClN2O2S. The molecule has 0 aliphatic rings. The van der Waals surface area contributed by atoms with E-state index in [4.69, 9.17) is 16.3 Å². The number of methoxy groups -OCH3 is 1. The lowest BCUT2D eigenvalue weighted by Gasteiger charge is -2.11. The molecule has 0 unspecified atom stereocenters. The maximum atomic E-state index is 12.9. The quantitative estimate of drug-likeness (QED) is 0.466. The molecule has 0 aliphatic carbocycles. The van der Waals surface area contributed by atoms with Crippen molar-refractivity contribution in [3.63, 3.8) is 0 Å². The van der Waals surface area contributed by atoms with E-state index in [0.717, 1.165) is 27.1 Å². The van der Waals surface area contributed by atoms with Crippen LogP contribution in [-0.2, 0) is 13.1 Å². The van der Waals surface area contributed by atoms with Crippen LogP contribution in [-0.4, -0.2) is 17.6 Å². The number of nitrogens with one attached hydrogen (secondary N) is 1. The summed E-state index contributed by atoms with van der Waals surface area (Å²) >= 11 is 7.63. The van der Waals surface area contributed by atoms with E-state index in [9.17, 15) is 4.79 Å². The molecule has 0 aliphatic heterocycles. The topological polar surface area (TPSA) is 43.3 Å². The Labute approximate surface area is 172 Å². The average molecular weight is 411 g/mol. The maximum absolute atomic E-state index is 12.9. The molecule has 1 N–H and O–H groups in total. The molecule has 6 heteroatoms. The van der Waals surface area contributed by atoms with Crippen molar-refractivity contribution in [2.45, 2.75) is 13.1 Å². The second kappa shape index (κ2) is 8.09. The highest BCUT2D eigenvalue weighted by Gasteiger charge is 2.16. The van der Waals surface area contributed by atoms with Gasteiger partial charge in [-0.05, 0) is 52.9 Å². The summed E-state index contributed by atoms with van der Waals surface area (Å²) in [5, 5.41) is 5.77. The highest BCUT2D eigenvalue weighted by Crippen LogP contribution is 2.26. The Morgan fingerprint density at radius 2 is 1.79 bits per heavy atom. The van der Waals surface area contributed by atoms with Gasteiger partial charge in [0.25, 0.3) is 5.91 Å². The van der Waals surface area contributed by atoms with Gasteiger partial charge in [-0.3, -0.25) is 4.79 Å². The van der Waals surface area contributed by atoms with Gasteiger partial charge >= 0.3 is 0 Å². The predicted molar refractivity (Wildman–Crippen MR) is 115 cm³/mol. The molecule has 4 aromatic rings. The van der Waals surface area contributed by atoms with Gasteiger partial charge in [0.15, 0.2) is 0 Å². The number of amides is 1. The third kappa shape index (κ3) is 3.91. The fourth-order valence-electron chi connectivity index (χ4n) is 3.12. The van der Waals surface area contributed by atoms with Gasteiger partial charge < -0.3 is 14.6 Å². The van der Waals surface area contributed by atoms with E-state index < -0.39 is 0 Å². The zero-order chi connectivity index (χ0) is 19.5. The molecule has 0 saturated carbocycles. The van der Waals surface area contributed by atoms with Crippen molar-refractivity contribution in [1.29, 1.82) is 0 Å². The summed E-state index contributed by atoms with van der Waals surface area (Å²) < 4.78 is 8.33. The Bertz CT molecular complexity index is 1100. The van der Waals surface area contributed by atoms with Gasteiger partial charge in [0.1, 0.15) is 11.4 Å². The predicted octanol–water partition coefficient (Wildman–Crippen LogP) is 5.34. The summed E-state index contributed by atoms with van der Waals surface area (Å²) in [7, 11) is 1.64. The Kier molecular flexibility index (Phi) is 5.37. The first-order valence-corrected chi connectivity index (χ1v) is 10.1. The fraction of sp³-hybridized carbons (Fsp3) is 0.136. The summed E-state index contributed by atoms with van der Waals surface area (Å²) in [5.41, 5.74) is 3.84. The SMILES string of the molecule is COc1ccc(CNC(=O)c2cc3sccc3n2Cc2ccc(Cl)cc2)cc1. The number of hydrogen-bond acceptors (Lipinski definition) is 3. The lowest BCUT2D eigenvalue weighted by Crippen LogP contribution is -2.25. The monoisotopic (exact) mass is 410 g/mol. The fourth-order valence-corrected chi connectivity index (χ4v) is 4.07. The van der Waals surface area contributed by atoms with Crippen LogP contribution in [0, 0.1) is 0 Å². The molecule has 0 spiro atoms. The van der Waals surface area contributed by atoms with Crippen molar-refractivity contribution in [2.75, 3.05) is 7.11 Å². The van der Waals surface area contributed by atoms with E-state index in [1.807, 2.05) is 60.0 Å². The van der Waals surface area contributed by atoms with Crippen LogP contribution in [0.15, 0.2) is 66.0 Å². The Morgan fingerprint density at radius 3 is 2.50 bits per heavy atom. The summed E-state index contributed by atoms with van der Waals surface area (Å²) in [6.07, 6.45) is 0. The van der Waals surface area contributed by atoms with Gasteiger partial charge in [-0.25, -0.2) is 0 Å². The number of carbonyl (C=O) groups is 1. The van der Waals surface area contributed by atoms with E-state index in [1.165, 1.54) is 0 Å². The molecule has 2 heterocycles. The van der Waals surface area contributed by atoms with Crippen LogP contribution in [0.5, 0.6) is 5.75 Å². The third-order valence-electron chi connectivity index (χ3n) is 4.62. The lowest BCUT2D eigenvalue weighted by molar-refractivity contribution is 0.0942. The molecule has 0 atom stereocenters. The van der Waals surface area contributed by atoms with Gasteiger partial charge in [0.05, 0.1) is 17.3 Å². The smallest absolute Gasteiger partial charge is 0.268 e. The zero-order valence-electron chi connectivity index (χ0n) is 15.3. The number of benzene rings is 2. The molecule has 4 nitrogen and oxygen atoms in total. The second-order valence-corrected chi connectivity index (χ2v) is 7.83. The van der Waals surface area contributed by atoms with Crippen molar-refractivity contribution in [3.8, 4) is 5.75 Å². The Hall–Kier alpha value is -2.76. The van der Waals surface area contributed by atoms with Crippen LogP contribution in [0.4, 0.5) is 0 Å². The number of ether oxygens (including phenoxy) is 1. The highest BCUT2D eigenvalue weighted by atomic mass is 35.5. The minimum Gasteiger partial charge on any atom is -0.497 e. The van der Waals surface area contributed by atoms with Crippen LogP contribution >= 0.6 is 22.9 Å². The maximum Gasteiger partial charge on any atom is 0.268 e. The summed E-state index contributed by atoms with van der Waals surface area (Å²) in [5.74, 6) is 0.709. The molecule has 0 bridgehead atoms. The molecule has 0 radical (unpaired) electrons. The number of nitrogens with zero attached hydrogens (tertiary/aromatic N) is 1. The summed E-state index contributed by atoms with van der Waals surface area (Å²) in [4.78, 5) is 12.9. The van der Waals surface area contributed by atoms with Crippen LogP contribution in [0.3, 0.4) is 0 Å². The number of thiophene rings is 1. The Balaban J connectivity index is 1.55. The van der Waals surface area contributed by atoms with Crippen LogP contribution < -0.4 is 10.1 Å². The van der Waals surface area contributed by atoms with Crippen LogP contribution in [0.2, 0.25) is 5.02 Å². The average Bonchev–Trinajstić information content (AvgIpc) is 3.31. The van der Waals surface area contributed by atoms with E-state index in [2.05, 4.69) is 16.0 Å². The van der Waals surface area contributed by atoms with Gasteiger partial charge in [0.2, 0.25) is 0 Å². The number of rotatable bonds is 6. The summed E-state index contributed by atoms with van der Waals surface area (Å²) in [6.45, 7) is 1.07. The number of carbonyl (C=O) groups excluding carboxylic acids is 1. The zero-order valence-corrected chi connectivity index (χ0v) is 16.9. The number of halogens is 1. The molecule has 1 amide bonds. The number of aromatic nitrogens is 1. The van der Waals surface area contributed by atoms with Crippen molar-refractivity contribution < 1.29 is 9.53 Å². The van der Waals surface area contributed by atoms with Crippen molar-refractivity contribution >= 4 is 39.1 Å². The normalized spacial score (nSPS) is 10.9. The second-order valence-electron chi connectivity index (χ2n) is 6.44. The first-order chi connectivity index (χ1) is 13.6. The van der Waals surface area contributed by atoms with Crippen molar-refractivity contribution in [1.82, 2.24) is 9.88 Å². The van der Waals surface area contributed by atoms with Crippen molar-refractivity contribution in [3.05, 3.63) is 87.9 Å². The first-order valence-electron chi connectivity index (χ1n) is 8.86. The van der Waals surface area contributed by atoms with Crippen LogP contribution in [0.1, 0.15) is 21.6 Å². The minimum absolute atomic E-state index is 0.0896. The largest absolute Gasteiger partial charge is 0.497 e. The molecule has 2 aromatic carbocycles. The molecule has 0 saturated heterocycles. The molecule has 28 heavy (non-hydrogen) atoms. The van der Waals surface area contributed by atoms with Gasteiger partial charge in [0, 0.05) is 18.1 Å². The van der Waals surface area contributed by atoms with E-state index in [1.54, 1.807) is 18.4 Å². The minimum atomic E-state index is -0.0896. The summed E-state index contributed by atoms with van der Waals surface area (Å²) in [6, 6.07) is 19.4. The van der Waals surface area contributed by atoms with E-state index in [0.29, 0.717) is 23.8 Å². The molecular weight excluding hydrogens is 392 g/mol. The number of hydrogen-bond donors (Lipinski definition) is 1.